The minimum atomic E-state index is 0.191. The minimum absolute atomic E-state index is 0.191. The summed E-state index contributed by atoms with van der Waals surface area (Å²) in [6.07, 6.45) is 3.56. The lowest BCUT2D eigenvalue weighted by Crippen LogP contribution is -2.01. The van der Waals surface area contributed by atoms with E-state index in [0.717, 1.165) is 37.2 Å². The van der Waals surface area contributed by atoms with Crippen LogP contribution in [0.3, 0.4) is 0 Å². The molecule has 2 aromatic rings. The molecule has 106 valence electrons. The monoisotopic (exact) mass is 288 g/mol. The van der Waals surface area contributed by atoms with Crippen molar-refractivity contribution in [3.63, 3.8) is 0 Å². The van der Waals surface area contributed by atoms with Crippen molar-refractivity contribution >= 4 is 17.1 Å². The number of carbonyl (C=O) groups excluding carboxylic acids is 1. The van der Waals surface area contributed by atoms with Crippen molar-refractivity contribution < 1.29 is 9.53 Å². The molecule has 1 heterocycles. The number of benzene rings is 1. The molecule has 0 amide bonds. The van der Waals surface area contributed by atoms with E-state index in [1.54, 1.807) is 11.3 Å². The first-order valence-corrected chi connectivity index (χ1v) is 8.01. The number of hydrogen-bond donors (Lipinski definition) is 0. The van der Waals surface area contributed by atoms with Gasteiger partial charge >= 0.3 is 0 Å². The third-order valence-electron chi connectivity index (χ3n) is 3.16. The lowest BCUT2D eigenvalue weighted by molar-refractivity contribution is 0.0983. The second-order valence-corrected chi connectivity index (χ2v) is 5.56. The number of aryl methyl sites for hydroxylation is 1. The Labute approximate surface area is 124 Å². The van der Waals surface area contributed by atoms with Gasteiger partial charge in [-0.1, -0.05) is 13.3 Å². The SMILES string of the molecule is CCCCOc1ccc(C(=O)CCc2ccsc2)cc1. The van der Waals surface area contributed by atoms with E-state index in [9.17, 15) is 4.79 Å². The summed E-state index contributed by atoms with van der Waals surface area (Å²) >= 11 is 1.67. The quantitative estimate of drug-likeness (QED) is 0.518. The fourth-order valence-corrected chi connectivity index (χ4v) is 2.61. The Morgan fingerprint density at radius 3 is 2.65 bits per heavy atom. The Morgan fingerprint density at radius 1 is 1.20 bits per heavy atom. The number of hydrogen-bond acceptors (Lipinski definition) is 3. The molecule has 0 aliphatic heterocycles. The van der Waals surface area contributed by atoms with E-state index >= 15 is 0 Å². The number of rotatable bonds is 8. The average molecular weight is 288 g/mol. The molecular formula is C17H20O2S. The minimum Gasteiger partial charge on any atom is -0.494 e. The van der Waals surface area contributed by atoms with Gasteiger partial charge in [-0.05, 0) is 59.5 Å². The first-order valence-electron chi connectivity index (χ1n) is 7.06. The summed E-state index contributed by atoms with van der Waals surface area (Å²) in [5.74, 6) is 1.03. The molecule has 0 aliphatic carbocycles. The molecular weight excluding hydrogens is 268 g/mol. The summed E-state index contributed by atoms with van der Waals surface area (Å²) < 4.78 is 5.59. The molecule has 0 radical (unpaired) electrons. The molecule has 0 saturated heterocycles. The van der Waals surface area contributed by atoms with Gasteiger partial charge in [-0.3, -0.25) is 4.79 Å². The second-order valence-electron chi connectivity index (χ2n) is 4.78. The molecule has 0 unspecified atom stereocenters. The fraction of sp³-hybridized carbons (Fsp3) is 0.353. The maximum atomic E-state index is 12.1. The molecule has 0 N–H and O–H groups in total. The topological polar surface area (TPSA) is 26.3 Å². The highest BCUT2D eigenvalue weighted by Gasteiger charge is 2.06. The van der Waals surface area contributed by atoms with Crippen LogP contribution < -0.4 is 4.74 Å². The average Bonchev–Trinajstić information content (AvgIpc) is 2.99. The predicted octanol–water partition coefficient (Wildman–Crippen LogP) is 4.74. The first kappa shape index (κ1) is 14.8. The van der Waals surface area contributed by atoms with Gasteiger partial charge in [0.2, 0.25) is 0 Å². The highest BCUT2D eigenvalue weighted by Crippen LogP contribution is 2.15. The van der Waals surface area contributed by atoms with Crippen molar-refractivity contribution in [1.82, 2.24) is 0 Å². The Kier molecular flexibility index (Phi) is 5.81. The number of Topliss-reactive ketones (excluding diaryl/α,β-unsaturated/α-hetero) is 1. The largest absolute Gasteiger partial charge is 0.494 e. The summed E-state index contributed by atoms with van der Waals surface area (Å²) in [4.78, 5) is 12.1. The summed E-state index contributed by atoms with van der Waals surface area (Å²) in [5.41, 5.74) is 2.01. The van der Waals surface area contributed by atoms with Crippen molar-refractivity contribution in [1.29, 1.82) is 0 Å². The van der Waals surface area contributed by atoms with Gasteiger partial charge in [-0.25, -0.2) is 0 Å². The third kappa shape index (κ3) is 4.49. The summed E-state index contributed by atoms with van der Waals surface area (Å²) in [7, 11) is 0. The zero-order valence-electron chi connectivity index (χ0n) is 11.8. The van der Waals surface area contributed by atoms with E-state index in [0.29, 0.717) is 6.42 Å². The number of carbonyl (C=O) groups is 1. The highest BCUT2D eigenvalue weighted by molar-refractivity contribution is 7.07. The number of ketones is 1. The smallest absolute Gasteiger partial charge is 0.163 e. The second kappa shape index (κ2) is 7.85. The molecule has 0 spiro atoms. The van der Waals surface area contributed by atoms with Crippen molar-refractivity contribution in [3.05, 3.63) is 52.2 Å². The molecule has 20 heavy (non-hydrogen) atoms. The van der Waals surface area contributed by atoms with Gasteiger partial charge in [-0.15, -0.1) is 0 Å². The van der Waals surface area contributed by atoms with Crippen LogP contribution >= 0.6 is 11.3 Å². The Morgan fingerprint density at radius 2 is 2.00 bits per heavy atom. The number of thiophene rings is 1. The molecule has 2 nitrogen and oxygen atoms in total. The van der Waals surface area contributed by atoms with Gasteiger partial charge < -0.3 is 4.74 Å². The molecule has 0 fully saturated rings. The normalized spacial score (nSPS) is 10.4. The summed E-state index contributed by atoms with van der Waals surface area (Å²) in [6.45, 7) is 2.88. The lowest BCUT2D eigenvalue weighted by Gasteiger charge is -2.06. The summed E-state index contributed by atoms with van der Waals surface area (Å²) in [5, 5.41) is 4.14. The molecule has 0 bridgehead atoms. The van der Waals surface area contributed by atoms with Crippen LogP contribution in [0.25, 0.3) is 0 Å². The van der Waals surface area contributed by atoms with E-state index in [1.807, 2.05) is 29.6 Å². The van der Waals surface area contributed by atoms with Gasteiger partial charge in [0.15, 0.2) is 5.78 Å². The molecule has 3 heteroatoms. The van der Waals surface area contributed by atoms with Crippen LogP contribution in [0.5, 0.6) is 5.75 Å². The molecule has 0 atom stereocenters. The van der Waals surface area contributed by atoms with Crippen LogP contribution in [0, 0.1) is 0 Å². The van der Waals surface area contributed by atoms with Crippen molar-refractivity contribution in [2.45, 2.75) is 32.6 Å². The highest BCUT2D eigenvalue weighted by atomic mass is 32.1. The Bertz CT molecular complexity index is 514. The Hall–Kier alpha value is -1.61. The van der Waals surface area contributed by atoms with Gasteiger partial charge in [0.1, 0.15) is 5.75 Å². The molecule has 2 rings (SSSR count). The van der Waals surface area contributed by atoms with Crippen LogP contribution in [0.1, 0.15) is 42.1 Å². The van der Waals surface area contributed by atoms with Crippen LogP contribution in [0.4, 0.5) is 0 Å². The van der Waals surface area contributed by atoms with E-state index < -0.39 is 0 Å². The van der Waals surface area contributed by atoms with Crippen molar-refractivity contribution in [3.8, 4) is 5.75 Å². The van der Waals surface area contributed by atoms with Crippen LogP contribution in [-0.4, -0.2) is 12.4 Å². The van der Waals surface area contributed by atoms with Crippen molar-refractivity contribution in [2.75, 3.05) is 6.61 Å². The van der Waals surface area contributed by atoms with Crippen molar-refractivity contribution in [2.24, 2.45) is 0 Å². The predicted molar refractivity (Wildman–Crippen MR) is 83.8 cm³/mol. The van der Waals surface area contributed by atoms with Gasteiger partial charge in [0.25, 0.3) is 0 Å². The van der Waals surface area contributed by atoms with E-state index in [4.69, 9.17) is 4.74 Å². The maximum absolute atomic E-state index is 12.1. The molecule has 0 saturated carbocycles. The molecule has 0 aliphatic rings. The summed E-state index contributed by atoms with van der Waals surface area (Å²) in [6, 6.07) is 9.55. The number of ether oxygens (including phenoxy) is 1. The standard InChI is InChI=1S/C17H20O2S/c1-2-3-11-19-16-7-5-15(6-8-16)17(18)9-4-14-10-12-20-13-14/h5-8,10,12-13H,2-4,9,11H2,1H3. The van der Waals surface area contributed by atoms with E-state index in [-0.39, 0.29) is 5.78 Å². The van der Waals surface area contributed by atoms with Gasteiger partial charge in [0, 0.05) is 12.0 Å². The third-order valence-corrected chi connectivity index (χ3v) is 3.90. The fourth-order valence-electron chi connectivity index (χ4n) is 1.91. The zero-order valence-corrected chi connectivity index (χ0v) is 12.6. The van der Waals surface area contributed by atoms with E-state index in [1.165, 1.54) is 5.56 Å². The van der Waals surface area contributed by atoms with E-state index in [2.05, 4.69) is 18.4 Å². The van der Waals surface area contributed by atoms with Gasteiger partial charge in [0.05, 0.1) is 6.61 Å². The van der Waals surface area contributed by atoms with Gasteiger partial charge in [-0.2, -0.15) is 11.3 Å². The van der Waals surface area contributed by atoms with Crippen LogP contribution in [0.15, 0.2) is 41.1 Å². The zero-order chi connectivity index (χ0) is 14.2. The lowest BCUT2D eigenvalue weighted by atomic mass is 10.0. The maximum Gasteiger partial charge on any atom is 0.163 e. The van der Waals surface area contributed by atoms with Crippen LogP contribution in [-0.2, 0) is 6.42 Å². The van der Waals surface area contributed by atoms with Crippen LogP contribution in [0.2, 0.25) is 0 Å². The number of unbranched alkanes of at least 4 members (excludes halogenated alkanes) is 1. The molecule has 1 aromatic carbocycles. The Balaban J connectivity index is 1.84. The first-order chi connectivity index (χ1) is 9.79. The molecule has 1 aromatic heterocycles.